The van der Waals surface area contributed by atoms with E-state index in [-0.39, 0.29) is 31.2 Å². The molecule has 1 N–H and O–H groups in total. The van der Waals surface area contributed by atoms with Gasteiger partial charge in [0, 0.05) is 12.6 Å². The lowest BCUT2D eigenvalue weighted by atomic mass is 10.2. The van der Waals surface area contributed by atoms with Crippen molar-refractivity contribution in [3.8, 4) is 5.75 Å². The van der Waals surface area contributed by atoms with Crippen LogP contribution in [0, 0.1) is 5.82 Å². The molecule has 0 aromatic heterocycles. The number of esters is 1. The molecule has 2 rings (SSSR count). The molecular weight excluding hydrogens is 337 g/mol. The first kappa shape index (κ1) is 19.2. The Labute approximate surface area is 151 Å². The first-order valence-corrected chi connectivity index (χ1v) is 8.07. The molecular formula is C20H20FNO4. The molecule has 0 aliphatic heterocycles. The van der Waals surface area contributed by atoms with Gasteiger partial charge in [0.25, 0.3) is 0 Å². The van der Waals surface area contributed by atoms with E-state index < -0.39 is 11.8 Å². The molecule has 0 fully saturated rings. The third kappa shape index (κ3) is 6.39. The van der Waals surface area contributed by atoms with Crippen molar-refractivity contribution in [2.75, 3.05) is 13.7 Å². The molecule has 0 unspecified atom stereocenters. The first-order chi connectivity index (χ1) is 12.6. The largest absolute Gasteiger partial charge is 0.494 e. The Hall–Kier alpha value is -3.15. The average Bonchev–Trinajstić information content (AvgIpc) is 2.65. The molecule has 6 heteroatoms. The van der Waals surface area contributed by atoms with Crippen LogP contribution in [0.2, 0.25) is 0 Å². The van der Waals surface area contributed by atoms with E-state index in [0.717, 1.165) is 5.56 Å². The minimum Gasteiger partial charge on any atom is -0.494 e. The second-order valence-corrected chi connectivity index (χ2v) is 5.41. The maximum absolute atomic E-state index is 13.5. The zero-order valence-electron chi connectivity index (χ0n) is 14.4. The number of ether oxygens (including phenoxy) is 2. The lowest BCUT2D eigenvalue weighted by Crippen LogP contribution is -2.24. The summed E-state index contributed by atoms with van der Waals surface area (Å²) in [6.45, 7) is 0.120. The summed E-state index contributed by atoms with van der Waals surface area (Å²) in [7, 11) is 1.38. The first-order valence-electron chi connectivity index (χ1n) is 8.07. The van der Waals surface area contributed by atoms with Gasteiger partial charge in [0.05, 0.1) is 13.5 Å². The van der Waals surface area contributed by atoms with Crippen LogP contribution in [-0.2, 0) is 20.9 Å². The number of carbonyl (C=O) groups is 2. The third-order valence-electron chi connectivity index (χ3n) is 3.47. The Morgan fingerprint density at radius 1 is 1.15 bits per heavy atom. The topological polar surface area (TPSA) is 64.6 Å². The molecule has 1 amide bonds. The minimum atomic E-state index is -0.515. The van der Waals surface area contributed by atoms with Gasteiger partial charge in [-0.15, -0.1) is 0 Å². The molecule has 2 aromatic carbocycles. The van der Waals surface area contributed by atoms with Crippen molar-refractivity contribution in [1.29, 1.82) is 0 Å². The lowest BCUT2D eigenvalue weighted by Gasteiger charge is -2.07. The fourth-order valence-corrected chi connectivity index (χ4v) is 2.12. The second kappa shape index (κ2) is 9.98. The van der Waals surface area contributed by atoms with E-state index >= 15 is 0 Å². The summed E-state index contributed by atoms with van der Waals surface area (Å²) in [6, 6.07) is 13.7. The molecule has 0 bridgehead atoms. The monoisotopic (exact) mass is 357 g/mol. The zero-order valence-corrected chi connectivity index (χ0v) is 14.4. The molecule has 0 radical (unpaired) electrons. The molecule has 0 atom stereocenters. The summed E-state index contributed by atoms with van der Waals surface area (Å²) >= 11 is 0. The number of benzene rings is 2. The Kier molecular flexibility index (Phi) is 7.36. The van der Waals surface area contributed by atoms with Crippen LogP contribution in [0.15, 0.2) is 54.6 Å². The maximum atomic E-state index is 13.5. The number of carbonyl (C=O) groups excluding carboxylic acids is 2. The van der Waals surface area contributed by atoms with Crippen molar-refractivity contribution in [3.05, 3.63) is 71.6 Å². The van der Waals surface area contributed by atoms with E-state index in [1.807, 2.05) is 30.3 Å². The predicted molar refractivity (Wildman–Crippen MR) is 95.9 cm³/mol. The molecule has 2 aromatic rings. The molecule has 0 aliphatic carbocycles. The van der Waals surface area contributed by atoms with Crippen LogP contribution in [0.4, 0.5) is 4.39 Å². The molecule has 0 saturated carbocycles. The van der Waals surface area contributed by atoms with Crippen molar-refractivity contribution in [3.63, 3.8) is 0 Å². The van der Waals surface area contributed by atoms with E-state index in [1.54, 1.807) is 12.1 Å². The SMILES string of the molecule is COc1ccc(COC(=O)CCNC(=O)/C=C/c2ccccc2)cc1F. The van der Waals surface area contributed by atoms with Gasteiger partial charge in [0.15, 0.2) is 11.6 Å². The van der Waals surface area contributed by atoms with Crippen molar-refractivity contribution >= 4 is 18.0 Å². The quantitative estimate of drug-likeness (QED) is 0.582. The normalized spacial score (nSPS) is 10.5. The van der Waals surface area contributed by atoms with E-state index in [0.29, 0.717) is 5.56 Å². The van der Waals surface area contributed by atoms with E-state index in [2.05, 4.69) is 5.32 Å². The fraction of sp³-hybridized carbons (Fsp3) is 0.200. The van der Waals surface area contributed by atoms with Crippen LogP contribution in [0.3, 0.4) is 0 Å². The summed E-state index contributed by atoms with van der Waals surface area (Å²) in [5.74, 6) is -1.16. The Morgan fingerprint density at radius 2 is 1.92 bits per heavy atom. The fourth-order valence-electron chi connectivity index (χ4n) is 2.12. The Bertz CT molecular complexity index is 775. The van der Waals surface area contributed by atoms with Crippen LogP contribution in [0.25, 0.3) is 6.08 Å². The van der Waals surface area contributed by atoms with Gasteiger partial charge in [0.1, 0.15) is 6.61 Å². The van der Waals surface area contributed by atoms with E-state index in [9.17, 15) is 14.0 Å². The molecule has 0 heterocycles. The van der Waals surface area contributed by atoms with E-state index in [4.69, 9.17) is 9.47 Å². The highest BCUT2D eigenvalue weighted by Gasteiger charge is 2.07. The molecule has 0 aliphatic rings. The van der Waals surface area contributed by atoms with Crippen LogP contribution in [0.5, 0.6) is 5.75 Å². The van der Waals surface area contributed by atoms with Gasteiger partial charge in [-0.05, 0) is 29.3 Å². The lowest BCUT2D eigenvalue weighted by molar-refractivity contribution is -0.144. The highest BCUT2D eigenvalue weighted by atomic mass is 19.1. The van der Waals surface area contributed by atoms with Crippen molar-refractivity contribution in [1.82, 2.24) is 5.32 Å². The highest BCUT2D eigenvalue weighted by Crippen LogP contribution is 2.18. The minimum absolute atomic E-state index is 0.0313. The standard InChI is InChI=1S/C20H20FNO4/c1-25-18-9-7-16(13-17(18)21)14-26-20(24)11-12-22-19(23)10-8-15-5-3-2-4-6-15/h2-10,13H,11-12,14H2,1H3,(H,22,23)/b10-8+. The summed E-state index contributed by atoms with van der Waals surface area (Å²) in [6.07, 6.45) is 3.12. The number of methoxy groups -OCH3 is 1. The van der Waals surface area contributed by atoms with Gasteiger partial charge in [-0.1, -0.05) is 36.4 Å². The van der Waals surface area contributed by atoms with Crippen molar-refractivity contribution in [2.24, 2.45) is 0 Å². The number of halogens is 1. The number of rotatable bonds is 8. The van der Waals surface area contributed by atoms with Crippen LogP contribution < -0.4 is 10.1 Å². The average molecular weight is 357 g/mol. The number of nitrogens with one attached hydrogen (secondary N) is 1. The van der Waals surface area contributed by atoms with E-state index in [1.165, 1.54) is 25.3 Å². The van der Waals surface area contributed by atoms with Crippen LogP contribution in [0.1, 0.15) is 17.5 Å². The maximum Gasteiger partial charge on any atom is 0.307 e. The molecule has 0 spiro atoms. The number of amides is 1. The van der Waals surface area contributed by atoms with Crippen LogP contribution >= 0.6 is 0 Å². The number of hydrogen-bond donors (Lipinski definition) is 1. The van der Waals surface area contributed by atoms with Crippen LogP contribution in [-0.4, -0.2) is 25.5 Å². The van der Waals surface area contributed by atoms with Gasteiger partial charge in [-0.25, -0.2) is 4.39 Å². The summed E-state index contributed by atoms with van der Waals surface area (Å²) in [5, 5.41) is 2.60. The number of hydrogen-bond acceptors (Lipinski definition) is 4. The highest BCUT2D eigenvalue weighted by molar-refractivity contribution is 5.91. The third-order valence-corrected chi connectivity index (χ3v) is 3.47. The Morgan fingerprint density at radius 3 is 2.62 bits per heavy atom. The summed E-state index contributed by atoms with van der Waals surface area (Å²) < 4.78 is 23.4. The molecule has 0 saturated heterocycles. The summed E-state index contributed by atoms with van der Waals surface area (Å²) in [4.78, 5) is 23.3. The molecule has 136 valence electrons. The molecule has 26 heavy (non-hydrogen) atoms. The molecule has 5 nitrogen and oxygen atoms in total. The van der Waals surface area contributed by atoms with Gasteiger partial charge < -0.3 is 14.8 Å². The van der Waals surface area contributed by atoms with Gasteiger partial charge in [0.2, 0.25) is 5.91 Å². The van der Waals surface area contributed by atoms with Gasteiger partial charge in [-0.3, -0.25) is 9.59 Å². The zero-order chi connectivity index (χ0) is 18.8. The van der Waals surface area contributed by atoms with Gasteiger partial charge >= 0.3 is 5.97 Å². The predicted octanol–water partition coefficient (Wildman–Crippen LogP) is 3.10. The summed E-state index contributed by atoms with van der Waals surface area (Å²) in [5.41, 5.74) is 1.43. The second-order valence-electron chi connectivity index (χ2n) is 5.41. The smallest absolute Gasteiger partial charge is 0.307 e. The Balaban J connectivity index is 1.68. The van der Waals surface area contributed by atoms with Crippen molar-refractivity contribution in [2.45, 2.75) is 13.0 Å². The van der Waals surface area contributed by atoms with Crippen molar-refractivity contribution < 1.29 is 23.5 Å². The van der Waals surface area contributed by atoms with Gasteiger partial charge in [-0.2, -0.15) is 0 Å².